The van der Waals surface area contributed by atoms with Crippen molar-refractivity contribution in [3.8, 4) is 0 Å². The first kappa shape index (κ1) is 16.0. The van der Waals surface area contributed by atoms with Crippen molar-refractivity contribution in [2.24, 2.45) is 5.84 Å². The van der Waals surface area contributed by atoms with Crippen LogP contribution in [-0.4, -0.2) is 40.3 Å². The summed E-state index contributed by atoms with van der Waals surface area (Å²) in [6.45, 7) is 7.96. The number of rotatable bonds is 10. The number of aromatic nitrogens is 3. The summed E-state index contributed by atoms with van der Waals surface area (Å²) in [5.41, 5.74) is 2.75. The van der Waals surface area contributed by atoms with Gasteiger partial charge in [0.2, 0.25) is 0 Å². The Labute approximate surface area is 114 Å². The van der Waals surface area contributed by atoms with E-state index in [2.05, 4.69) is 22.4 Å². The van der Waals surface area contributed by atoms with Gasteiger partial charge in [-0.15, -0.1) is 0 Å². The Morgan fingerprint density at radius 1 is 1.32 bits per heavy atom. The predicted molar refractivity (Wildman–Crippen MR) is 72.2 cm³/mol. The molecule has 1 atom stereocenters. The molecule has 1 aromatic rings. The Bertz CT molecular complexity index is 339. The molecule has 1 unspecified atom stereocenters. The lowest BCUT2D eigenvalue weighted by molar-refractivity contribution is -0.154. The highest BCUT2D eigenvalue weighted by Gasteiger charge is 2.23. The standard InChI is InChI=1S/C12H25N5O2/c1-4-7-17-11(14-9-15-17)8-10(16-13)12(18-5-2)19-6-3/h9-10,12,16H,4-8,13H2,1-3H3. The van der Waals surface area contributed by atoms with E-state index in [-0.39, 0.29) is 12.3 Å². The summed E-state index contributed by atoms with van der Waals surface area (Å²) in [6.07, 6.45) is 2.81. The molecule has 0 aliphatic heterocycles. The molecule has 0 saturated heterocycles. The maximum Gasteiger partial charge on any atom is 0.174 e. The quantitative estimate of drug-likeness (QED) is 0.365. The van der Waals surface area contributed by atoms with Gasteiger partial charge in [-0.3, -0.25) is 16.0 Å². The third-order valence-corrected chi connectivity index (χ3v) is 2.74. The van der Waals surface area contributed by atoms with E-state index in [4.69, 9.17) is 15.3 Å². The lowest BCUT2D eigenvalue weighted by Crippen LogP contribution is -2.48. The summed E-state index contributed by atoms with van der Waals surface area (Å²) in [6, 6.07) is -0.153. The molecule has 0 fully saturated rings. The first-order chi connectivity index (χ1) is 9.26. The van der Waals surface area contributed by atoms with Crippen molar-refractivity contribution < 1.29 is 9.47 Å². The molecule has 7 heteroatoms. The second kappa shape index (κ2) is 8.98. The summed E-state index contributed by atoms with van der Waals surface area (Å²) in [5, 5.41) is 4.20. The number of ether oxygens (including phenoxy) is 2. The highest BCUT2D eigenvalue weighted by atomic mass is 16.7. The molecule has 0 aromatic carbocycles. The molecule has 1 aromatic heterocycles. The van der Waals surface area contributed by atoms with Gasteiger partial charge in [0, 0.05) is 26.2 Å². The minimum atomic E-state index is -0.383. The van der Waals surface area contributed by atoms with E-state index in [0.717, 1.165) is 18.8 Å². The van der Waals surface area contributed by atoms with Crippen molar-refractivity contribution in [1.29, 1.82) is 0 Å². The summed E-state index contributed by atoms with van der Waals surface area (Å²) < 4.78 is 13.0. The number of nitrogens with two attached hydrogens (primary N) is 1. The van der Waals surface area contributed by atoms with Crippen molar-refractivity contribution in [2.75, 3.05) is 13.2 Å². The van der Waals surface area contributed by atoms with E-state index >= 15 is 0 Å². The Kier molecular flexibility index (Phi) is 7.57. The van der Waals surface area contributed by atoms with E-state index in [0.29, 0.717) is 19.6 Å². The molecular formula is C12H25N5O2. The SMILES string of the molecule is CCCn1ncnc1CC(NN)C(OCC)OCC. The van der Waals surface area contributed by atoms with Crippen molar-refractivity contribution in [3.63, 3.8) is 0 Å². The molecule has 0 radical (unpaired) electrons. The number of aryl methyl sites for hydroxylation is 1. The van der Waals surface area contributed by atoms with E-state index in [1.165, 1.54) is 0 Å². The molecule has 3 N–H and O–H groups in total. The van der Waals surface area contributed by atoms with Crippen LogP contribution in [0.15, 0.2) is 6.33 Å². The highest BCUT2D eigenvalue weighted by Crippen LogP contribution is 2.08. The zero-order valence-corrected chi connectivity index (χ0v) is 12.0. The van der Waals surface area contributed by atoms with Gasteiger partial charge in [-0.05, 0) is 20.3 Å². The number of hydrazine groups is 1. The Morgan fingerprint density at radius 2 is 2.00 bits per heavy atom. The minimum Gasteiger partial charge on any atom is -0.351 e. The van der Waals surface area contributed by atoms with Crippen LogP contribution in [0.25, 0.3) is 0 Å². The van der Waals surface area contributed by atoms with Gasteiger partial charge in [0.25, 0.3) is 0 Å². The van der Waals surface area contributed by atoms with Gasteiger partial charge in [-0.2, -0.15) is 5.10 Å². The van der Waals surface area contributed by atoms with Gasteiger partial charge >= 0.3 is 0 Å². The molecule has 19 heavy (non-hydrogen) atoms. The fraction of sp³-hybridized carbons (Fsp3) is 0.833. The third kappa shape index (κ3) is 4.87. The van der Waals surface area contributed by atoms with E-state index < -0.39 is 0 Å². The Morgan fingerprint density at radius 3 is 2.53 bits per heavy atom. The van der Waals surface area contributed by atoms with Crippen molar-refractivity contribution in [3.05, 3.63) is 12.2 Å². The maximum absolute atomic E-state index is 5.61. The van der Waals surface area contributed by atoms with Crippen LogP contribution in [0.1, 0.15) is 33.0 Å². The molecule has 1 rings (SSSR count). The summed E-state index contributed by atoms with van der Waals surface area (Å²) in [7, 11) is 0. The van der Waals surface area contributed by atoms with Crippen LogP contribution in [-0.2, 0) is 22.4 Å². The average molecular weight is 271 g/mol. The second-order valence-electron chi connectivity index (χ2n) is 4.16. The lowest BCUT2D eigenvalue weighted by Gasteiger charge is -2.25. The van der Waals surface area contributed by atoms with E-state index in [1.54, 1.807) is 6.33 Å². The van der Waals surface area contributed by atoms with E-state index in [1.807, 2.05) is 18.5 Å². The number of hydrogen-bond donors (Lipinski definition) is 2. The van der Waals surface area contributed by atoms with Gasteiger partial charge in [0.1, 0.15) is 12.2 Å². The molecule has 7 nitrogen and oxygen atoms in total. The molecule has 0 saturated carbocycles. The van der Waals surface area contributed by atoms with E-state index in [9.17, 15) is 0 Å². The minimum absolute atomic E-state index is 0.153. The van der Waals surface area contributed by atoms with Crippen LogP contribution < -0.4 is 11.3 Å². The Balaban J connectivity index is 2.70. The normalized spacial score (nSPS) is 13.1. The van der Waals surface area contributed by atoms with Crippen LogP contribution in [0, 0.1) is 0 Å². The van der Waals surface area contributed by atoms with Gasteiger partial charge in [0.15, 0.2) is 6.29 Å². The highest BCUT2D eigenvalue weighted by molar-refractivity contribution is 4.90. The molecular weight excluding hydrogens is 246 g/mol. The molecule has 0 aliphatic carbocycles. The smallest absolute Gasteiger partial charge is 0.174 e. The molecule has 0 amide bonds. The zero-order valence-electron chi connectivity index (χ0n) is 12.0. The number of hydrogen-bond acceptors (Lipinski definition) is 6. The lowest BCUT2D eigenvalue weighted by atomic mass is 10.2. The molecule has 0 aliphatic rings. The van der Waals surface area contributed by atoms with Gasteiger partial charge in [0.05, 0.1) is 6.04 Å². The first-order valence-electron chi connectivity index (χ1n) is 6.82. The summed E-state index contributed by atoms with van der Waals surface area (Å²) in [4.78, 5) is 4.27. The molecule has 110 valence electrons. The second-order valence-corrected chi connectivity index (χ2v) is 4.16. The molecule has 1 heterocycles. The van der Waals surface area contributed by atoms with Crippen molar-refractivity contribution in [2.45, 2.75) is 52.5 Å². The number of nitrogens with zero attached hydrogens (tertiary/aromatic N) is 3. The summed E-state index contributed by atoms with van der Waals surface area (Å²) in [5.74, 6) is 6.49. The van der Waals surface area contributed by atoms with Crippen LogP contribution in [0.4, 0.5) is 0 Å². The van der Waals surface area contributed by atoms with Crippen LogP contribution in [0.5, 0.6) is 0 Å². The van der Waals surface area contributed by atoms with Gasteiger partial charge in [-0.25, -0.2) is 4.98 Å². The molecule has 0 spiro atoms. The van der Waals surface area contributed by atoms with Crippen molar-refractivity contribution >= 4 is 0 Å². The van der Waals surface area contributed by atoms with Gasteiger partial charge < -0.3 is 9.47 Å². The maximum atomic E-state index is 5.61. The molecule has 0 bridgehead atoms. The van der Waals surface area contributed by atoms with Crippen molar-refractivity contribution in [1.82, 2.24) is 20.2 Å². The van der Waals surface area contributed by atoms with Gasteiger partial charge in [-0.1, -0.05) is 6.92 Å². The first-order valence-corrected chi connectivity index (χ1v) is 6.82. The third-order valence-electron chi connectivity index (χ3n) is 2.74. The van der Waals surface area contributed by atoms with Crippen LogP contribution >= 0.6 is 0 Å². The number of nitrogens with one attached hydrogen (secondary N) is 1. The predicted octanol–water partition coefficient (Wildman–Crippen LogP) is 0.462. The average Bonchev–Trinajstić information content (AvgIpc) is 2.83. The van der Waals surface area contributed by atoms with Crippen LogP contribution in [0.2, 0.25) is 0 Å². The largest absolute Gasteiger partial charge is 0.351 e. The van der Waals surface area contributed by atoms with Crippen LogP contribution in [0.3, 0.4) is 0 Å². The monoisotopic (exact) mass is 271 g/mol. The topological polar surface area (TPSA) is 87.2 Å². The fourth-order valence-corrected chi connectivity index (χ4v) is 1.88. The fourth-order valence-electron chi connectivity index (χ4n) is 1.88. The zero-order chi connectivity index (χ0) is 14.1. The summed E-state index contributed by atoms with van der Waals surface area (Å²) >= 11 is 0. The Hall–Kier alpha value is -1.02.